The van der Waals surface area contributed by atoms with E-state index < -0.39 is 0 Å². The molecule has 0 heterocycles. The molecule has 0 aliphatic heterocycles. The lowest BCUT2D eigenvalue weighted by Gasteiger charge is -2.10. The zero-order valence-corrected chi connectivity index (χ0v) is 16.2. The maximum Gasteiger partial charge on any atom is 0.275 e. The second kappa shape index (κ2) is 9.51. The molecule has 0 aliphatic rings. The van der Waals surface area contributed by atoms with Crippen LogP contribution in [0.1, 0.15) is 36.2 Å². The van der Waals surface area contributed by atoms with E-state index in [1.165, 1.54) is 5.56 Å². The molecule has 3 aromatic rings. The molecule has 4 heteroatoms. The monoisotopic (exact) mass is 372 g/mol. The van der Waals surface area contributed by atoms with Crippen LogP contribution in [0.25, 0.3) is 11.1 Å². The Morgan fingerprint density at radius 1 is 0.893 bits per heavy atom. The van der Waals surface area contributed by atoms with Gasteiger partial charge in [0.25, 0.3) is 5.91 Å². The molecule has 0 spiro atoms. The molecule has 3 rings (SSSR count). The molecule has 4 nitrogen and oxygen atoms in total. The van der Waals surface area contributed by atoms with Crippen molar-refractivity contribution in [2.75, 3.05) is 6.61 Å². The van der Waals surface area contributed by atoms with Gasteiger partial charge in [0.2, 0.25) is 0 Å². The number of rotatable bonds is 7. The van der Waals surface area contributed by atoms with Gasteiger partial charge in [0.15, 0.2) is 0 Å². The predicted octanol–water partition coefficient (Wildman–Crippen LogP) is 5.30. The van der Waals surface area contributed by atoms with Crippen LogP contribution in [-0.4, -0.2) is 18.2 Å². The van der Waals surface area contributed by atoms with Gasteiger partial charge in [-0.2, -0.15) is 5.10 Å². The van der Waals surface area contributed by atoms with E-state index >= 15 is 0 Å². The van der Waals surface area contributed by atoms with Crippen molar-refractivity contribution >= 4 is 11.6 Å². The summed E-state index contributed by atoms with van der Waals surface area (Å²) in [4.78, 5) is 12.5. The SMILES string of the molecule is CCCOc1ccccc1C(=O)N/N=C(\C)c1ccc(-c2ccccc2)cc1. The highest BCUT2D eigenvalue weighted by Crippen LogP contribution is 2.20. The quantitative estimate of drug-likeness (QED) is 0.452. The molecular formula is C24H24N2O2. The summed E-state index contributed by atoms with van der Waals surface area (Å²) in [6.45, 7) is 4.47. The molecular weight excluding hydrogens is 348 g/mol. The smallest absolute Gasteiger partial charge is 0.275 e. The molecule has 0 bridgehead atoms. The fourth-order valence-electron chi connectivity index (χ4n) is 2.79. The Bertz CT molecular complexity index is 948. The van der Waals surface area contributed by atoms with Gasteiger partial charge in [-0.05, 0) is 42.2 Å². The van der Waals surface area contributed by atoms with Crippen LogP contribution in [0.15, 0.2) is 84.0 Å². The number of nitrogens with one attached hydrogen (secondary N) is 1. The molecule has 1 amide bonds. The summed E-state index contributed by atoms with van der Waals surface area (Å²) in [5.74, 6) is 0.286. The van der Waals surface area contributed by atoms with E-state index in [9.17, 15) is 4.79 Å². The molecule has 0 saturated carbocycles. The standard InChI is InChI=1S/C24H24N2O2/c1-3-17-28-23-12-8-7-11-22(23)24(27)26-25-18(2)19-13-15-21(16-14-19)20-9-5-4-6-10-20/h4-16H,3,17H2,1-2H3,(H,26,27)/b25-18+. The van der Waals surface area contributed by atoms with Crippen LogP contribution < -0.4 is 10.2 Å². The van der Waals surface area contributed by atoms with Crippen LogP contribution in [0.4, 0.5) is 0 Å². The van der Waals surface area contributed by atoms with Gasteiger partial charge in [0, 0.05) is 0 Å². The number of hydrogen-bond acceptors (Lipinski definition) is 3. The summed E-state index contributed by atoms with van der Waals surface area (Å²) < 4.78 is 5.64. The lowest BCUT2D eigenvalue weighted by atomic mass is 10.0. The maximum atomic E-state index is 12.5. The molecule has 1 N–H and O–H groups in total. The van der Waals surface area contributed by atoms with Crippen molar-refractivity contribution in [1.82, 2.24) is 5.43 Å². The van der Waals surface area contributed by atoms with E-state index in [-0.39, 0.29) is 5.91 Å². The van der Waals surface area contributed by atoms with Gasteiger partial charge < -0.3 is 4.74 Å². The van der Waals surface area contributed by atoms with E-state index in [1.807, 2.05) is 56.3 Å². The van der Waals surface area contributed by atoms with E-state index in [4.69, 9.17) is 4.74 Å². The number of benzene rings is 3. The highest BCUT2D eigenvalue weighted by molar-refractivity contribution is 6.01. The number of carbonyl (C=O) groups is 1. The van der Waals surface area contributed by atoms with Gasteiger partial charge in [-0.25, -0.2) is 5.43 Å². The van der Waals surface area contributed by atoms with Gasteiger partial charge in [-0.15, -0.1) is 0 Å². The van der Waals surface area contributed by atoms with Crippen molar-refractivity contribution in [2.45, 2.75) is 20.3 Å². The Kier molecular flexibility index (Phi) is 6.58. The Labute approximate surface area is 165 Å². The Morgan fingerprint density at radius 2 is 1.54 bits per heavy atom. The van der Waals surface area contributed by atoms with Gasteiger partial charge in [0.05, 0.1) is 17.9 Å². The third-order valence-corrected chi connectivity index (χ3v) is 4.33. The molecule has 3 aromatic carbocycles. The van der Waals surface area contributed by atoms with Crippen LogP contribution in [0.2, 0.25) is 0 Å². The second-order valence-corrected chi connectivity index (χ2v) is 6.43. The molecule has 28 heavy (non-hydrogen) atoms. The van der Waals surface area contributed by atoms with Crippen LogP contribution in [0.3, 0.4) is 0 Å². The molecule has 0 aromatic heterocycles. The number of para-hydroxylation sites is 1. The summed E-state index contributed by atoms with van der Waals surface area (Å²) >= 11 is 0. The summed E-state index contributed by atoms with van der Waals surface area (Å²) in [5.41, 5.74) is 7.11. The number of carbonyl (C=O) groups excluding carboxylic acids is 1. The zero-order valence-electron chi connectivity index (χ0n) is 16.2. The molecule has 0 aliphatic carbocycles. The van der Waals surface area contributed by atoms with Crippen LogP contribution in [0, 0.1) is 0 Å². The largest absolute Gasteiger partial charge is 0.493 e. The molecule has 0 unspecified atom stereocenters. The molecule has 142 valence electrons. The highest BCUT2D eigenvalue weighted by atomic mass is 16.5. The third-order valence-electron chi connectivity index (χ3n) is 4.33. The Balaban J connectivity index is 1.70. The lowest BCUT2D eigenvalue weighted by Crippen LogP contribution is -2.20. The first-order valence-electron chi connectivity index (χ1n) is 9.41. The van der Waals surface area contributed by atoms with Crippen LogP contribution >= 0.6 is 0 Å². The number of hydrogen-bond donors (Lipinski definition) is 1. The van der Waals surface area contributed by atoms with Crippen LogP contribution in [-0.2, 0) is 0 Å². The number of ether oxygens (including phenoxy) is 1. The highest BCUT2D eigenvalue weighted by Gasteiger charge is 2.11. The van der Waals surface area contributed by atoms with E-state index in [0.29, 0.717) is 17.9 Å². The van der Waals surface area contributed by atoms with E-state index in [2.05, 4.69) is 34.8 Å². The average Bonchev–Trinajstić information content (AvgIpc) is 2.76. The second-order valence-electron chi connectivity index (χ2n) is 6.43. The number of amides is 1. The summed E-state index contributed by atoms with van der Waals surface area (Å²) in [6, 6.07) is 25.5. The molecule has 0 saturated heterocycles. The fourth-order valence-corrected chi connectivity index (χ4v) is 2.79. The van der Waals surface area contributed by atoms with Gasteiger partial charge in [-0.1, -0.05) is 73.7 Å². The van der Waals surface area contributed by atoms with Gasteiger partial charge in [-0.3, -0.25) is 4.79 Å². The average molecular weight is 372 g/mol. The summed E-state index contributed by atoms with van der Waals surface area (Å²) in [7, 11) is 0. The Hall–Kier alpha value is -3.40. The van der Waals surface area contributed by atoms with E-state index in [1.54, 1.807) is 12.1 Å². The van der Waals surface area contributed by atoms with Crippen molar-refractivity contribution in [3.63, 3.8) is 0 Å². The van der Waals surface area contributed by atoms with Crippen LogP contribution in [0.5, 0.6) is 5.75 Å². The minimum atomic E-state index is -0.285. The zero-order chi connectivity index (χ0) is 19.8. The molecule has 0 radical (unpaired) electrons. The summed E-state index contributed by atoms with van der Waals surface area (Å²) in [6.07, 6.45) is 0.881. The third kappa shape index (κ3) is 4.86. The number of nitrogens with zero attached hydrogens (tertiary/aromatic N) is 1. The normalized spacial score (nSPS) is 11.1. The first-order chi connectivity index (χ1) is 13.7. The maximum absolute atomic E-state index is 12.5. The first kappa shape index (κ1) is 19.4. The topological polar surface area (TPSA) is 50.7 Å². The summed E-state index contributed by atoms with van der Waals surface area (Å²) in [5, 5.41) is 4.26. The van der Waals surface area contributed by atoms with Gasteiger partial charge >= 0.3 is 0 Å². The predicted molar refractivity (Wildman–Crippen MR) is 114 cm³/mol. The van der Waals surface area contributed by atoms with Crippen molar-refractivity contribution in [2.24, 2.45) is 5.10 Å². The van der Waals surface area contributed by atoms with Gasteiger partial charge in [0.1, 0.15) is 5.75 Å². The minimum Gasteiger partial charge on any atom is -0.493 e. The van der Waals surface area contributed by atoms with Crippen molar-refractivity contribution in [3.8, 4) is 16.9 Å². The fraction of sp³-hybridized carbons (Fsp3) is 0.167. The molecule has 0 fully saturated rings. The first-order valence-corrected chi connectivity index (χ1v) is 9.41. The Morgan fingerprint density at radius 3 is 2.25 bits per heavy atom. The molecule has 0 atom stereocenters. The number of hydrazone groups is 1. The van der Waals surface area contributed by atoms with E-state index in [0.717, 1.165) is 23.3 Å². The van der Waals surface area contributed by atoms with Crippen molar-refractivity contribution < 1.29 is 9.53 Å². The minimum absolute atomic E-state index is 0.285. The lowest BCUT2D eigenvalue weighted by molar-refractivity contribution is 0.0950. The van der Waals surface area contributed by atoms with Crippen molar-refractivity contribution in [1.29, 1.82) is 0 Å². The van der Waals surface area contributed by atoms with Crippen molar-refractivity contribution in [3.05, 3.63) is 90.0 Å².